The van der Waals surface area contributed by atoms with Gasteiger partial charge in [0.1, 0.15) is 36.3 Å². The van der Waals surface area contributed by atoms with Gasteiger partial charge in [0.25, 0.3) is 0 Å². The van der Waals surface area contributed by atoms with Crippen molar-refractivity contribution in [2.45, 2.75) is 49.4 Å². The van der Waals surface area contributed by atoms with E-state index in [0.29, 0.717) is 17.5 Å². The van der Waals surface area contributed by atoms with E-state index in [0.717, 1.165) is 23.3 Å². The first-order chi connectivity index (χ1) is 15.3. The van der Waals surface area contributed by atoms with Crippen molar-refractivity contribution in [3.63, 3.8) is 0 Å². The van der Waals surface area contributed by atoms with E-state index in [-0.39, 0.29) is 0 Å². The molecule has 0 bridgehead atoms. The van der Waals surface area contributed by atoms with Crippen molar-refractivity contribution >= 4 is 10.1 Å². The average Bonchev–Trinajstić information content (AvgIpc) is 2.74. The normalized spacial score (nSPS) is 26.2. The lowest BCUT2D eigenvalue weighted by atomic mass is 9.89. The number of hydrogen-bond donors (Lipinski definition) is 4. The highest BCUT2D eigenvalue weighted by atomic mass is 32.2. The number of aliphatic hydroxyl groups excluding tert-OH is 4. The zero-order valence-corrected chi connectivity index (χ0v) is 18.1. The van der Waals surface area contributed by atoms with Gasteiger partial charge in [0.15, 0.2) is 0 Å². The van der Waals surface area contributed by atoms with Crippen LogP contribution >= 0.6 is 0 Å². The molecule has 1 heterocycles. The van der Waals surface area contributed by atoms with Crippen molar-refractivity contribution in [2.75, 3.05) is 6.61 Å². The van der Waals surface area contributed by atoms with Gasteiger partial charge in [-0.25, -0.2) is 0 Å². The molecule has 4 N–H and O–H groups in total. The van der Waals surface area contributed by atoms with Crippen LogP contribution in [-0.2, 0) is 21.3 Å². The summed E-state index contributed by atoms with van der Waals surface area (Å²) in [6.07, 6.45) is -6.20. The molecule has 0 saturated carbocycles. The Bertz CT molecular complexity index is 1070. The standard InChI is InChI=1S/C21H23F3O8S/c1-11-2-5-13(20-19(28)18(27)17(26)16(10-25)31-20)9-14(11)8-12-3-6-15(7-4-12)32-33(29,30)21(22,23)24/h2-7,9,16-20,25-28H,8,10H2,1H3/t16-,17-,18+,19-,20+/m1/s1. The Morgan fingerprint density at radius 2 is 1.64 bits per heavy atom. The van der Waals surface area contributed by atoms with Crippen LogP contribution in [-0.4, -0.2) is 65.4 Å². The van der Waals surface area contributed by atoms with Crippen LogP contribution in [0.5, 0.6) is 5.75 Å². The first-order valence-corrected chi connectivity index (χ1v) is 11.2. The van der Waals surface area contributed by atoms with E-state index < -0.39 is 58.5 Å². The van der Waals surface area contributed by atoms with Crippen molar-refractivity contribution in [1.82, 2.24) is 0 Å². The van der Waals surface area contributed by atoms with Crippen molar-refractivity contribution in [3.05, 3.63) is 64.7 Å². The summed E-state index contributed by atoms with van der Waals surface area (Å²) in [6.45, 7) is 1.26. The molecule has 8 nitrogen and oxygen atoms in total. The summed E-state index contributed by atoms with van der Waals surface area (Å²) in [7, 11) is -5.76. The fraction of sp³-hybridized carbons (Fsp3) is 0.429. The van der Waals surface area contributed by atoms with Crippen LogP contribution in [0.2, 0.25) is 0 Å². The lowest BCUT2D eigenvalue weighted by molar-refractivity contribution is -0.231. The van der Waals surface area contributed by atoms with Crippen molar-refractivity contribution in [2.24, 2.45) is 0 Å². The van der Waals surface area contributed by atoms with Gasteiger partial charge in [-0.15, -0.1) is 0 Å². The van der Waals surface area contributed by atoms with E-state index in [4.69, 9.17) is 4.74 Å². The second-order valence-corrected chi connectivity index (χ2v) is 9.28. The number of alkyl halides is 3. The summed E-state index contributed by atoms with van der Waals surface area (Å²) in [5.74, 6) is -0.483. The maximum absolute atomic E-state index is 12.5. The maximum Gasteiger partial charge on any atom is 0.534 e. The number of rotatable bonds is 6. The first-order valence-electron chi connectivity index (χ1n) is 9.83. The zero-order chi connectivity index (χ0) is 24.6. The predicted octanol–water partition coefficient (Wildman–Crippen LogP) is 1.33. The van der Waals surface area contributed by atoms with Gasteiger partial charge in [0.2, 0.25) is 0 Å². The van der Waals surface area contributed by atoms with Gasteiger partial charge in [-0.05, 0) is 47.7 Å². The zero-order valence-electron chi connectivity index (χ0n) is 17.3. The minimum absolute atomic E-state index is 0.309. The largest absolute Gasteiger partial charge is 0.534 e. The molecule has 0 spiro atoms. The monoisotopic (exact) mass is 492 g/mol. The van der Waals surface area contributed by atoms with Gasteiger partial charge in [-0.3, -0.25) is 0 Å². The number of hydrogen-bond acceptors (Lipinski definition) is 8. The second-order valence-electron chi connectivity index (χ2n) is 7.74. The van der Waals surface area contributed by atoms with Crippen LogP contribution < -0.4 is 4.18 Å². The van der Waals surface area contributed by atoms with E-state index in [2.05, 4.69) is 4.18 Å². The molecule has 33 heavy (non-hydrogen) atoms. The summed E-state index contributed by atoms with van der Waals surface area (Å²) in [5, 5.41) is 39.7. The third kappa shape index (κ3) is 5.48. The highest BCUT2D eigenvalue weighted by molar-refractivity contribution is 7.88. The summed E-state index contributed by atoms with van der Waals surface area (Å²) < 4.78 is 69.3. The molecule has 1 fully saturated rings. The lowest BCUT2D eigenvalue weighted by Gasteiger charge is -2.40. The number of aliphatic hydroxyl groups is 4. The molecular weight excluding hydrogens is 469 g/mol. The number of ether oxygens (including phenoxy) is 1. The molecule has 0 aromatic heterocycles. The van der Waals surface area contributed by atoms with Crippen LogP contribution in [0.25, 0.3) is 0 Å². The summed E-state index contributed by atoms with van der Waals surface area (Å²) in [6, 6.07) is 10.2. The number of benzene rings is 2. The molecule has 1 aliphatic heterocycles. The second kappa shape index (κ2) is 9.57. The Kier molecular flexibility index (Phi) is 7.36. The van der Waals surface area contributed by atoms with Gasteiger partial charge in [-0.1, -0.05) is 30.3 Å². The van der Waals surface area contributed by atoms with Crippen LogP contribution in [0.4, 0.5) is 13.2 Å². The minimum atomic E-state index is -5.76. The van der Waals surface area contributed by atoms with Crippen molar-refractivity contribution in [1.29, 1.82) is 0 Å². The van der Waals surface area contributed by atoms with E-state index >= 15 is 0 Å². The molecule has 5 atom stereocenters. The van der Waals surface area contributed by atoms with Gasteiger partial charge in [-0.2, -0.15) is 21.6 Å². The molecular formula is C21H23F3O8S. The molecule has 0 unspecified atom stereocenters. The summed E-state index contributed by atoms with van der Waals surface area (Å²) in [4.78, 5) is 0. The molecule has 2 aromatic rings. The number of halogens is 3. The number of aryl methyl sites for hydroxylation is 1. The van der Waals surface area contributed by atoms with E-state index in [1.54, 1.807) is 18.2 Å². The Morgan fingerprint density at radius 1 is 1.00 bits per heavy atom. The first kappa shape index (κ1) is 25.4. The Balaban J connectivity index is 1.79. The van der Waals surface area contributed by atoms with Gasteiger partial charge >= 0.3 is 15.6 Å². The SMILES string of the molecule is Cc1ccc([C@@H]2O[C@H](CO)[C@@H](O)[C@H](O)[C@H]2O)cc1Cc1ccc(OS(=O)(=O)C(F)(F)F)cc1. The highest BCUT2D eigenvalue weighted by Crippen LogP contribution is 2.34. The van der Waals surface area contributed by atoms with Gasteiger partial charge in [0.05, 0.1) is 6.61 Å². The third-order valence-electron chi connectivity index (χ3n) is 5.40. The van der Waals surface area contributed by atoms with Crippen LogP contribution in [0.1, 0.15) is 28.4 Å². The molecule has 3 rings (SSSR count). The Labute approximate surface area is 188 Å². The predicted molar refractivity (Wildman–Crippen MR) is 109 cm³/mol. The topological polar surface area (TPSA) is 134 Å². The smallest absolute Gasteiger partial charge is 0.394 e. The quantitative estimate of drug-likeness (QED) is 0.351. The summed E-state index contributed by atoms with van der Waals surface area (Å²) >= 11 is 0. The fourth-order valence-electron chi connectivity index (χ4n) is 3.49. The van der Waals surface area contributed by atoms with E-state index in [1.165, 1.54) is 12.1 Å². The molecule has 182 valence electrons. The molecule has 0 aliphatic carbocycles. The van der Waals surface area contributed by atoms with Gasteiger partial charge < -0.3 is 29.3 Å². The fourth-order valence-corrected chi connectivity index (χ4v) is 3.95. The molecule has 12 heteroatoms. The van der Waals surface area contributed by atoms with Crippen LogP contribution in [0.15, 0.2) is 42.5 Å². The Hall–Kier alpha value is -2.22. The molecule has 0 radical (unpaired) electrons. The molecule has 1 saturated heterocycles. The molecule has 2 aromatic carbocycles. The molecule has 0 amide bonds. The van der Waals surface area contributed by atoms with Crippen LogP contribution in [0, 0.1) is 6.92 Å². The highest BCUT2D eigenvalue weighted by Gasteiger charge is 2.48. The average molecular weight is 492 g/mol. The van der Waals surface area contributed by atoms with Crippen molar-refractivity contribution in [3.8, 4) is 5.75 Å². The minimum Gasteiger partial charge on any atom is -0.394 e. The van der Waals surface area contributed by atoms with E-state index in [9.17, 15) is 42.0 Å². The van der Waals surface area contributed by atoms with E-state index in [1.807, 2.05) is 6.92 Å². The third-order valence-corrected chi connectivity index (χ3v) is 6.38. The Morgan fingerprint density at radius 3 is 2.21 bits per heavy atom. The van der Waals surface area contributed by atoms with Crippen LogP contribution in [0.3, 0.4) is 0 Å². The van der Waals surface area contributed by atoms with Gasteiger partial charge in [0, 0.05) is 0 Å². The van der Waals surface area contributed by atoms with Crippen molar-refractivity contribution < 1.29 is 50.9 Å². The lowest BCUT2D eigenvalue weighted by Crippen LogP contribution is -2.55. The maximum atomic E-state index is 12.5. The molecule has 1 aliphatic rings. The summed E-state index contributed by atoms with van der Waals surface area (Å²) in [5.41, 5.74) is -2.79.